The number of aryl methyl sites for hydroxylation is 1. The largest absolute Gasteiger partial charge is 0.871 e. The molecule has 0 aliphatic carbocycles. The van der Waals surface area contributed by atoms with Gasteiger partial charge in [0.25, 0.3) is 5.91 Å². The number of hydrogen-bond acceptors (Lipinski definition) is 6. The highest BCUT2D eigenvalue weighted by atomic mass is 16.5. The van der Waals surface area contributed by atoms with E-state index in [1.807, 2.05) is 6.07 Å². The molecule has 1 N–H and O–H groups in total. The van der Waals surface area contributed by atoms with Gasteiger partial charge in [-0.3, -0.25) is 9.59 Å². The van der Waals surface area contributed by atoms with Gasteiger partial charge in [0.2, 0.25) is 5.78 Å². The first-order chi connectivity index (χ1) is 17.4. The van der Waals surface area contributed by atoms with Gasteiger partial charge in [-0.1, -0.05) is 11.8 Å². The molecule has 0 saturated carbocycles. The van der Waals surface area contributed by atoms with Crippen LogP contribution < -0.4 is 19.5 Å². The molecule has 1 aliphatic heterocycles. The Morgan fingerprint density at radius 2 is 1.86 bits per heavy atom. The molecule has 9 nitrogen and oxygen atoms in total. The molecule has 1 fully saturated rings. The number of likely N-dealkylation sites (N-methyl/N-ethyl adjacent to an activating group) is 1. The molecule has 3 heterocycles. The molecule has 0 spiro atoms. The van der Waals surface area contributed by atoms with E-state index in [1.165, 1.54) is 24.0 Å². The molecule has 0 radical (unpaired) electrons. The molecule has 1 saturated heterocycles. The minimum absolute atomic E-state index is 0.102. The third-order valence-corrected chi connectivity index (χ3v) is 6.89. The minimum Gasteiger partial charge on any atom is -0.871 e. The van der Waals surface area contributed by atoms with Crippen LogP contribution in [0.15, 0.2) is 48.2 Å². The van der Waals surface area contributed by atoms with Crippen molar-refractivity contribution in [1.82, 2.24) is 14.3 Å². The number of carbonyl (C=O) groups is 2. The Labute approximate surface area is 210 Å². The molecule has 3 aromatic rings. The predicted molar refractivity (Wildman–Crippen MR) is 133 cm³/mol. The maximum absolute atomic E-state index is 14.1. The first-order valence-corrected chi connectivity index (χ1v) is 12.1. The van der Waals surface area contributed by atoms with Gasteiger partial charge in [0, 0.05) is 17.3 Å². The smallest absolute Gasteiger partial charge is 0.295 e. The summed E-state index contributed by atoms with van der Waals surface area (Å²) in [4.78, 5) is 34.1. The van der Waals surface area contributed by atoms with Crippen molar-refractivity contribution in [2.45, 2.75) is 26.8 Å². The number of aromatic nitrogens is 2. The molecule has 2 aromatic heterocycles. The summed E-state index contributed by atoms with van der Waals surface area (Å²) in [7, 11) is 3.06. The number of benzene rings is 1. The van der Waals surface area contributed by atoms with E-state index in [9.17, 15) is 14.7 Å². The number of amides is 1. The number of Topliss-reactive ketones (excluding diaryl/α,β-unsaturated/α-hetero) is 1. The minimum atomic E-state index is -0.911. The number of nitrogens with zero attached hydrogens (tertiary/aromatic N) is 3. The molecule has 9 heteroatoms. The fourth-order valence-corrected chi connectivity index (χ4v) is 4.87. The molecule has 36 heavy (non-hydrogen) atoms. The number of nitrogens with one attached hydrogen (secondary N) is 1. The monoisotopic (exact) mass is 492 g/mol. The van der Waals surface area contributed by atoms with Gasteiger partial charge in [-0.15, -0.1) is 0 Å². The maximum atomic E-state index is 14.1. The van der Waals surface area contributed by atoms with E-state index in [0.29, 0.717) is 41.5 Å². The van der Waals surface area contributed by atoms with Crippen molar-refractivity contribution < 1.29 is 29.1 Å². The van der Waals surface area contributed by atoms with Crippen molar-refractivity contribution in [3.63, 3.8) is 0 Å². The van der Waals surface area contributed by atoms with Gasteiger partial charge in [0.05, 0.1) is 57.8 Å². The number of imidazole rings is 1. The van der Waals surface area contributed by atoms with Crippen molar-refractivity contribution in [3.05, 3.63) is 65.1 Å². The summed E-state index contributed by atoms with van der Waals surface area (Å²) >= 11 is 0. The Bertz CT molecular complexity index is 1320. The van der Waals surface area contributed by atoms with Crippen LogP contribution in [0.1, 0.15) is 36.8 Å². The highest BCUT2D eigenvalue weighted by molar-refractivity contribution is 6.46. The summed E-state index contributed by atoms with van der Waals surface area (Å²) in [5.41, 5.74) is 1.77. The molecule has 1 aliphatic rings. The summed E-state index contributed by atoms with van der Waals surface area (Å²) in [6.45, 7) is 8.61. The number of hydrogen-bond donors (Lipinski definition) is 1. The third-order valence-electron chi connectivity index (χ3n) is 6.89. The SMILES string of the molecule is CC[NH+](CC)CCN1C(=O)C(=O)C(=C([O-])c2c(C)nc3ccccn23)C1c1cc(OC)ccc1OC. The average Bonchev–Trinajstić information content (AvgIpc) is 3.36. The van der Waals surface area contributed by atoms with Gasteiger partial charge in [-0.05, 0) is 51.1 Å². The van der Waals surface area contributed by atoms with Crippen molar-refractivity contribution in [2.24, 2.45) is 0 Å². The van der Waals surface area contributed by atoms with Crippen LogP contribution in [0.2, 0.25) is 0 Å². The lowest BCUT2D eigenvalue weighted by molar-refractivity contribution is -0.895. The van der Waals surface area contributed by atoms with Gasteiger partial charge in [-0.25, -0.2) is 4.98 Å². The lowest BCUT2D eigenvalue weighted by atomic mass is 9.95. The zero-order valence-corrected chi connectivity index (χ0v) is 21.3. The first kappa shape index (κ1) is 25.2. The molecule has 190 valence electrons. The number of quaternary nitrogens is 1. The number of fused-ring (bicyclic) bond motifs is 1. The molecular formula is C27H32N4O5. The van der Waals surface area contributed by atoms with Gasteiger partial charge < -0.3 is 28.8 Å². The zero-order chi connectivity index (χ0) is 26.0. The Morgan fingerprint density at radius 3 is 2.53 bits per heavy atom. The summed E-state index contributed by atoms with van der Waals surface area (Å²) < 4.78 is 12.7. The zero-order valence-electron chi connectivity index (χ0n) is 21.3. The second kappa shape index (κ2) is 10.4. The number of rotatable bonds is 9. The van der Waals surface area contributed by atoms with Crippen molar-refractivity contribution in [3.8, 4) is 11.5 Å². The quantitative estimate of drug-likeness (QED) is 0.270. The topological polar surface area (TPSA) is 101 Å². The normalized spacial score (nSPS) is 17.4. The molecule has 0 bridgehead atoms. The van der Waals surface area contributed by atoms with Crippen molar-refractivity contribution >= 4 is 23.1 Å². The van der Waals surface area contributed by atoms with E-state index < -0.39 is 23.5 Å². The second-order valence-corrected chi connectivity index (χ2v) is 8.76. The summed E-state index contributed by atoms with van der Waals surface area (Å²) in [6.07, 6.45) is 1.73. The van der Waals surface area contributed by atoms with Crippen molar-refractivity contribution in [2.75, 3.05) is 40.4 Å². The molecule has 1 amide bonds. The lowest BCUT2D eigenvalue weighted by Crippen LogP contribution is -3.12. The fraction of sp³-hybridized carbons (Fsp3) is 0.370. The summed E-state index contributed by atoms with van der Waals surface area (Å²) in [5, 5.41) is 14.1. The highest BCUT2D eigenvalue weighted by Gasteiger charge is 2.46. The first-order valence-electron chi connectivity index (χ1n) is 12.1. The Morgan fingerprint density at radius 1 is 1.11 bits per heavy atom. The van der Waals surface area contributed by atoms with Gasteiger partial charge >= 0.3 is 0 Å². The Kier molecular flexibility index (Phi) is 7.30. The third kappa shape index (κ3) is 4.30. The average molecular weight is 493 g/mol. The van der Waals surface area contributed by atoms with E-state index in [-0.39, 0.29) is 11.3 Å². The van der Waals surface area contributed by atoms with Gasteiger partial charge in [0.1, 0.15) is 17.1 Å². The van der Waals surface area contributed by atoms with E-state index in [1.54, 1.807) is 47.9 Å². The van der Waals surface area contributed by atoms with Crippen LogP contribution in [-0.2, 0) is 9.59 Å². The van der Waals surface area contributed by atoms with Crippen LogP contribution in [0.25, 0.3) is 11.4 Å². The van der Waals surface area contributed by atoms with E-state index in [2.05, 4.69) is 18.8 Å². The number of ether oxygens (including phenoxy) is 2. The number of pyridine rings is 1. The Balaban J connectivity index is 1.95. The van der Waals surface area contributed by atoms with Crippen LogP contribution in [-0.4, -0.2) is 66.4 Å². The van der Waals surface area contributed by atoms with Crippen LogP contribution in [0.5, 0.6) is 11.5 Å². The number of carbonyl (C=O) groups excluding carboxylic acids is 2. The van der Waals surface area contributed by atoms with Gasteiger partial charge in [0.15, 0.2) is 0 Å². The van der Waals surface area contributed by atoms with Gasteiger partial charge in [-0.2, -0.15) is 0 Å². The van der Waals surface area contributed by atoms with Crippen LogP contribution >= 0.6 is 0 Å². The van der Waals surface area contributed by atoms with E-state index in [0.717, 1.165) is 13.1 Å². The number of likely N-dealkylation sites (tertiary alicyclic amines) is 1. The second-order valence-electron chi connectivity index (χ2n) is 8.76. The molecule has 1 atom stereocenters. The fourth-order valence-electron chi connectivity index (χ4n) is 4.87. The summed E-state index contributed by atoms with van der Waals surface area (Å²) in [5.74, 6) is -1.01. The van der Waals surface area contributed by atoms with E-state index in [4.69, 9.17) is 9.47 Å². The van der Waals surface area contributed by atoms with Crippen LogP contribution in [0.3, 0.4) is 0 Å². The van der Waals surface area contributed by atoms with Crippen LogP contribution in [0.4, 0.5) is 0 Å². The van der Waals surface area contributed by atoms with E-state index >= 15 is 0 Å². The predicted octanol–water partition coefficient (Wildman–Crippen LogP) is 0.809. The molecular weight excluding hydrogens is 460 g/mol. The summed E-state index contributed by atoms with van der Waals surface area (Å²) in [6, 6.07) is 9.68. The molecule has 1 unspecified atom stereocenters. The lowest BCUT2D eigenvalue weighted by Gasteiger charge is -2.29. The van der Waals surface area contributed by atoms with Crippen LogP contribution in [0, 0.1) is 6.92 Å². The maximum Gasteiger partial charge on any atom is 0.295 e. The standard InChI is InChI=1S/C27H32N4O5/c1-6-29(7-2)14-15-31-24(19-16-18(35-4)11-12-20(19)36-5)22(26(33)27(31)34)25(32)23-17(3)28-21-10-8-9-13-30(21)23/h8-13,16,24,32H,6-7,14-15H2,1-5H3. The number of methoxy groups -OCH3 is 2. The molecule has 4 rings (SSSR count). The highest BCUT2D eigenvalue weighted by Crippen LogP contribution is 2.43. The number of ketones is 1. The van der Waals surface area contributed by atoms with Crippen molar-refractivity contribution in [1.29, 1.82) is 0 Å². The molecule has 1 aromatic carbocycles. The Hall–Kier alpha value is -3.85.